The standard InChI is InChI=1S/C20H12Br2ClNOS/c21-14-9-13(20-24-17-7-3-4-8-18(17)26-20)10-15(22)19(14)25-11-12-5-1-2-6-16(12)23/h1-10H,11H2. The van der Waals surface area contributed by atoms with Crippen LogP contribution in [0.5, 0.6) is 5.75 Å². The second-order valence-electron chi connectivity index (χ2n) is 5.64. The Morgan fingerprint density at radius 1 is 0.962 bits per heavy atom. The molecular weight excluding hydrogens is 498 g/mol. The molecule has 26 heavy (non-hydrogen) atoms. The first-order valence-electron chi connectivity index (χ1n) is 7.83. The molecule has 0 N–H and O–H groups in total. The van der Waals surface area contributed by atoms with E-state index in [4.69, 9.17) is 21.3 Å². The Kier molecular flexibility index (Phi) is 5.32. The van der Waals surface area contributed by atoms with Crippen molar-refractivity contribution in [3.05, 3.63) is 80.2 Å². The molecule has 4 aromatic rings. The van der Waals surface area contributed by atoms with Crippen molar-refractivity contribution in [2.45, 2.75) is 6.61 Å². The Labute approximate surface area is 177 Å². The monoisotopic (exact) mass is 507 g/mol. The lowest BCUT2D eigenvalue weighted by Crippen LogP contribution is -1.98. The topological polar surface area (TPSA) is 22.1 Å². The molecule has 0 atom stereocenters. The first-order chi connectivity index (χ1) is 12.6. The Hall–Kier alpha value is -1.40. The lowest BCUT2D eigenvalue weighted by Gasteiger charge is -2.12. The molecule has 0 amide bonds. The summed E-state index contributed by atoms with van der Waals surface area (Å²) in [7, 11) is 0. The van der Waals surface area contributed by atoms with Gasteiger partial charge in [0.1, 0.15) is 17.4 Å². The minimum Gasteiger partial charge on any atom is -0.486 e. The highest BCUT2D eigenvalue weighted by Crippen LogP contribution is 2.40. The molecule has 3 aromatic carbocycles. The molecule has 4 rings (SSSR count). The van der Waals surface area contributed by atoms with Gasteiger partial charge < -0.3 is 4.74 Å². The predicted octanol–water partition coefficient (Wildman–Crippen LogP) is 7.72. The van der Waals surface area contributed by atoms with E-state index in [9.17, 15) is 0 Å². The maximum absolute atomic E-state index is 6.20. The molecule has 0 aliphatic rings. The van der Waals surface area contributed by atoms with Crippen molar-refractivity contribution >= 4 is 65.0 Å². The zero-order valence-corrected chi connectivity index (χ0v) is 18.1. The number of halogens is 3. The number of aromatic nitrogens is 1. The SMILES string of the molecule is Clc1ccccc1COc1c(Br)cc(-c2nc3ccccc3s2)cc1Br. The summed E-state index contributed by atoms with van der Waals surface area (Å²) in [6, 6.07) is 19.9. The zero-order chi connectivity index (χ0) is 18.1. The summed E-state index contributed by atoms with van der Waals surface area (Å²) >= 11 is 15.1. The number of ether oxygens (including phenoxy) is 1. The van der Waals surface area contributed by atoms with E-state index in [1.165, 1.54) is 4.70 Å². The second-order valence-corrected chi connectivity index (χ2v) is 8.78. The molecule has 0 aliphatic heterocycles. The van der Waals surface area contributed by atoms with E-state index in [1.54, 1.807) is 11.3 Å². The van der Waals surface area contributed by atoms with Crippen molar-refractivity contribution in [3.63, 3.8) is 0 Å². The van der Waals surface area contributed by atoms with Crippen molar-refractivity contribution in [3.8, 4) is 16.3 Å². The van der Waals surface area contributed by atoms with Gasteiger partial charge in [0.25, 0.3) is 0 Å². The average Bonchev–Trinajstić information content (AvgIpc) is 3.06. The van der Waals surface area contributed by atoms with Gasteiger partial charge in [-0.2, -0.15) is 0 Å². The molecule has 0 unspecified atom stereocenters. The first-order valence-corrected chi connectivity index (χ1v) is 10.6. The van der Waals surface area contributed by atoms with Crippen LogP contribution in [0.3, 0.4) is 0 Å². The minimum atomic E-state index is 0.400. The molecule has 0 radical (unpaired) electrons. The number of thiazole rings is 1. The number of benzene rings is 3. The van der Waals surface area contributed by atoms with Crippen LogP contribution in [0.1, 0.15) is 5.56 Å². The molecule has 1 heterocycles. The van der Waals surface area contributed by atoms with E-state index in [2.05, 4.69) is 37.9 Å². The van der Waals surface area contributed by atoms with E-state index >= 15 is 0 Å². The Bertz CT molecular complexity index is 1040. The molecule has 0 spiro atoms. The lowest BCUT2D eigenvalue weighted by molar-refractivity contribution is 0.302. The fourth-order valence-corrected chi connectivity index (χ4v) is 5.14. The van der Waals surface area contributed by atoms with Crippen molar-refractivity contribution < 1.29 is 4.74 Å². The normalized spacial score (nSPS) is 11.0. The van der Waals surface area contributed by atoms with Crippen LogP contribution in [-0.4, -0.2) is 4.98 Å². The van der Waals surface area contributed by atoms with Crippen LogP contribution in [0.2, 0.25) is 5.02 Å². The van der Waals surface area contributed by atoms with Crippen LogP contribution < -0.4 is 4.74 Å². The fourth-order valence-electron chi connectivity index (χ4n) is 2.58. The Balaban J connectivity index is 1.63. The zero-order valence-electron chi connectivity index (χ0n) is 13.4. The van der Waals surface area contributed by atoms with Crippen molar-refractivity contribution in [2.75, 3.05) is 0 Å². The highest BCUT2D eigenvalue weighted by atomic mass is 79.9. The number of hydrogen-bond acceptors (Lipinski definition) is 3. The van der Waals surface area contributed by atoms with Crippen LogP contribution in [0.25, 0.3) is 20.8 Å². The first kappa shape index (κ1) is 18.0. The molecule has 0 saturated carbocycles. The average molecular weight is 510 g/mol. The van der Waals surface area contributed by atoms with Gasteiger partial charge in [-0.15, -0.1) is 11.3 Å². The molecule has 0 fully saturated rings. The molecule has 0 aliphatic carbocycles. The van der Waals surface area contributed by atoms with E-state index in [1.807, 2.05) is 54.6 Å². The van der Waals surface area contributed by atoms with Crippen LogP contribution in [-0.2, 0) is 6.61 Å². The van der Waals surface area contributed by atoms with Crippen LogP contribution in [0.15, 0.2) is 69.6 Å². The fraction of sp³-hybridized carbons (Fsp3) is 0.0500. The van der Waals surface area contributed by atoms with Gasteiger partial charge in [-0.3, -0.25) is 0 Å². The highest BCUT2D eigenvalue weighted by molar-refractivity contribution is 9.11. The van der Waals surface area contributed by atoms with Gasteiger partial charge in [0.05, 0.1) is 19.2 Å². The highest BCUT2D eigenvalue weighted by Gasteiger charge is 2.13. The summed E-state index contributed by atoms with van der Waals surface area (Å²) in [5, 5.41) is 1.68. The lowest BCUT2D eigenvalue weighted by atomic mass is 10.2. The Morgan fingerprint density at radius 2 is 1.65 bits per heavy atom. The molecule has 0 saturated heterocycles. The molecule has 0 bridgehead atoms. The summed E-state index contributed by atoms with van der Waals surface area (Å²) in [5.74, 6) is 0.745. The maximum Gasteiger partial charge on any atom is 0.148 e. The van der Waals surface area contributed by atoms with Gasteiger partial charge in [-0.1, -0.05) is 41.9 Å². The predicted molar refractivity (Wildman–Crippen MR) is 116 cm³/mol. The van der Waals surface area contributed by atoms with Crippen molar-refractivity contribution in [2.24, 2.45) is 0 Å². The van der Waals surface area contributed by atoms with E-state index in [0.717, 1.165) is 36.3 Å². The van der Waals surface area contributed by atoms with E-state index in [-0.39, 0.29) is 0 Å². The summed E-state index contributed by atoms with van der Waals surface area (Å²) in [4.78, 5) is 4.72. The summed E-state index contributed by atoms with van der Waals surface area (Å²) < 4.78 is 8.90. The van der Waals surface area contributed by atoms with Crippen LogP contribution in [0.4, 0.5) is 0 Å². The quantitative estimate of drug-likeness (QED) is 0.281. The third-order valence-electron chi connectivity index (χ3n) is 3.87. The number of para-hydroxylation sites is 1. The number of hydrogen-bond donors (Lipinski definition) is 0. The third-order valence-corrected chi connectivity index (χ3v) is 6.50. The Morgan fingerprint density at radius 3 is 2.38 bits per heavy atom. The largest absolute Gasteiger partial charge is 0.486 e. The number of fused-ring (bicyclic) bond motifs is 1. The van der Waals surface area contributed by atoms with Crippen LogP contribution >= 0.6 is 54.8 Å². The third kappa shape index (κ3) is 3.67. The summed E-state index contributed by atoms with van der Waals surface area (Å²) in [6.07, 6.45) is 0. The minimum absolute atomic E-state index is 0.400. The van der Waals surface area contributed by atoms with Gasteiger partial charge in [0.2, 0.25) is 0 Å². The number of nitrogens with zero attached hydrogens (tertiary/aromatic N) is 1. The molecular formula is C20H12Br2ClNOS. The van der Waals surface area contributed by atoms with E-state index < -0.39 is 0 Å². The van der Waals surface area contributed by atoms with Crippen LogP contribution in [0, 0.1) is 0 Å². The second kappa shape index (κ2) is 7.69. The molecule has 1 aromatic heterocycles. The van der Waals surface area contributed by atoms with Gasteiger partial charge in [0, 0.05) is 16.1 Å². The number of rotatable bonds is 4. The molecule has 130 valence electrons. The van der Waals surface area contributed by atoms with Crippen molar-refractivity contribution in [1.29, 1.82) is 0 Å². The van der Waals surface area contributed by atoms with Crippen molar-refractivity contribution in [1.82, 2.24) is 4.98 Å². The van der Waals surface area contributed by atoms with Gasteiger partial charge in [-0.25, -0.2) is 4.98 Å². The van der Waals surface area contributed by atoms with E-state index in [0.29, 0.717) is 11.6 Å². The molecule has 2 nitrogen and oxygen atoms in total. The van der Waals surface area contributed by atoms with Gasteiger partial charge in [-0.05, 0) is 62.2 Å². The summed E-state index contributed by atoms with van der Waals surface area (Å²) in [6.45, 7) is 0.400. The van der Waals surface area contributed by atoms with Gasteiger partial charge in [0.15, 0.2) is 0 Å². The van der Waals surface area contributed by atoms with Gasteiger partial charge >= 0.3 is 0 Å². The molecule has 6 heteroatoms. The maximum atomic E-state index is 6.20. The summed E-state index contributed by atoms with van der Waals surface area (Å²) in [5.41, 5.74) is 3.00. The smallest absolute Gasteiger partial charge is 0.148 e.